The number of methoxy groups -OCH3 is 3. The average molecular weight is 350 g/mol. The molecule has 0 saturated carbocycles. The minimum absolute atomic E-state index is 0.288. The molecule has 0 aromatic heterocycles. The fraction of sp³-hybridized carbons (Fsp3) is 0.381. The number of nitrogens with zero attached hydrogens (tertiary/aromatic N) is 2. The molecule has 0 fully saturated rings. The Kier molecular flexibility index (Phi) is 4.21. The van der Waals surface area contributed by atoms with E-state index in [4.69, 9.17) is 20.8 Å². The summed E-state index contributed by atoms with van der Waals surface area (Å²) in [5.41, 5.74) is 5.64. The van der Waals surface area contributed by atoms with Crippen LogP contribution in [0.2, 0.25) is 0 Å². The molecule has 2 aliphatic heterocycles. The van der Waals surface area contributed by atoms with Crippen LogP contribution >= 0.6 is 0 Å². The first kappa shape index (κ1) is 16.7. The van der Waals surface area contributed by atoms with Gasteiger partial charge in [-0.05, 0) is 47.7 Å². The molecule has 0 bridgehead atoms. The normalized spacial score (nSPS) is 18.2. The van der Waals surface area contributed by atoms with Crippen molar-refractivity contribution in [2.75, 3.05) is 27.9 Å². The van der Waals surface area contributed by atoms with Gasteiger partial charge in [-0.25, -0.2) is 4.85 Å². The van der Waals surface area contributed by atoms with Crippen molar-refractivity contribution in [1.29, 1.82) is 0 Å². The van der Waals surface area contributed by atoms with Crippen LogP contribution in [0, 0.1) is 6.57 Å². The zero-order valence-corrected chi connectivity index (χ0v) is 15.3. The van der Waals surface area contributed by atoms with E-state index in [1.54, 1.807) is 21.3 Å². The van der Waals surface area contributed by atoms with Crippen LogP contribution in [0.5, 0.6) is 17.2 Å². The van der Waals surface area contributed by atoms with Gasteiger partial charge < -0.3 is 14.2 Å². The van der Waals surface area contributed by atoms with Crippen molar-refractivity contribution in [2.24, 2.45) is 0 Å². The van der Waals surface area contributed by atoms with Crippen LogP contribution in [0.4, 0.5) is 5.69 Å². The zero-order valence-electron chi connectivity index (χ0n) is 15.3. The van der Waals surface area contributed by atoms with E-state index in [2.05, 4.69) is 15.8 Å². The fourth-order valence-electron chi connectivity index (χ4n) is 4.26. The zero-order chi connectivity index (χ0) is 18.3. The van der Waals surface area contributed by atoms with E-state index >= 15 is 0 Å². The summed E-state index contributed by atoms with van der Waals surface area (Å²) in [7, 11) is 5.00. The van der Waals surface area contributed by atoms with E-state index in [1.165, 1.54) is 22.3 Å². The molecule has 0 amide bonds. The predicted octanol–water partition coefficient (Wildman–Crippen LogP) is 3.92. The summed E-state index contributed by atoms with van der Waals surface area (Å²) in [6, 6.07) is 8.47. The van der Waals surface area contributed by atoms with Crippen molar-refractivity contribution in [3.63, 3.8) is 0 Å². The molecule has 4 rings (SSSR count). The second-order valence-corrected chi connectivity index (χ2v) is 6.71. The third-order valence-electron chi connectivity index (χ3n) is 5.55. The second-order valence-electron chi connectivity index (χ2n) is 6.71. The first-order valence-electron chi connectivity index (χ1n) is 8.75. The average Bonchev–Trinajstić information content (AvgIpc) is 2.70. The van der Waals surface area contributed by atoms with Crippen LogP contribution < -0.4 is 14.2 Å². The van der Waals surface area contributed by atoms with Crippen LogP contribution in [0.3, 0.4) is 0 Å². The maximum absolute atomic E-state index is 7.45. The van der Waals surface area contributed by atoms with Gasteiger partial charge in [0.05, 0.1) is 27.9 Å². The highest BCUT2D eigenvalue weighted by Gasteiger charge is 2.34. The molecule has 0 saturated heterocycles. The topological polar surface area (TPSA) is 35.3 Å². The van der Waals surface area contributed by atoms with Crippen molar-refractivity contribution >= 4 is 5.69 Å². The Morgan fingerprint density at radius 1 is 1.04 bits per heavy atom. The van der Waals surface area contributed by atoms with Crippen molar-refractivity contribution in [2.45, 2.75) is 25.4 Å². The predicted molar refractivity (Wildman–Crippen MR) is 99.4 cm³/mol. The molecule has 0 radical (unpaired) electrons. The Morgan fingerprint density at radius 3 is 2.54 bits per heavy atom. The van der Waals surface area contributed by atoms with E-state index in [0.29, 0.717) is 11.4 Å². The summed E-state index contributed by atoms with van der Waals surface area (Å²) < 4.78 is 16.5. The smallest absolute Gasteiger partial charge is 0.228 e. The standard InChI is InChI=1S/C21H22N2O3/c1-22-17-11-15-14(10-20(17)25-3)7-8-23-12-16-13(9-18(15)23)5-6-19(24-2)21(16)26-4/h5-6,10-11,18H,7-9,12H2,2-4H3/t18-/m0/s1. The summed E-state index contributed by atoms with van der Waals surface area (Å²) in [5.74, 6) is 2.29. The Labute approximate surface area is 153 Å². The highest BCUT2D eigenvalue weighted by molar-refractivity contribution is 5.62. The lowest BCUT2D eigenvalue weighted by Crippen LogP contribution is -2.39. The number of fused-ring (bicyclic) bond motifs is 4. The fourth-order valence-corrected chi connectivity index (χ4v) is 4.26. The highest BCUT2D eigenvalue weighted by atomic mass is 16.5. The SMILES string of the molecule is [C-]#[N+]c1cc2c(cc1OC)CCN1Cc3c(ccc(OC)c3OC)C[C@@H]21. The number of benzene rings is 2. The lowest BCUT2D eigenvalue weighted by atomic mass is 9.83. The van der Waals surface area contributed by atoms with Crippen molar-refractivity contribution in [3.05, 3.63) is 57.9 Å². The molecule has 0 aliphatic carbocycles. The third kappa shape index (κ3) is 2.49. The lowest BCUT2D eigenvalue weighted by molar-refractivity contribution is 0.157. The minimum atomic E-state index is 0.288. The Bertz CT molecular complexity index is 901. The van der Waals surface area contributed by atoms with Gasteiger partial charge in [0.2, 0.25) is 5.69 Å². The van der Waals surface area contributed by atoms with Gasteiger partial charge in [-0.1, -0.05) is 6.07 Å². The summed E-state index contributed by atoms with van der Waals surface area (Å²) in [6.07, 6.45) is 1.87. The Morgan fingerprint density at radius 2 is 1.85 bits per heavy atom. The van der Waals surface area contributed by atoms with E-state index in [-0.39, 0.29) is 6.04 Å². The van der Waals surface area contributed by atoms with Crippen LogP contribution in [0.25, 0.3) is 4.85 Å². The number of hydrogen-bond donors (Lipinski definition) is 0. The number of ether oxygens (including phenoxy) is 3. The first-order chi connectivity index (χ1) is 12.7. The molecule has 2 aromatic rings. The van der Waals surface area contributed by atoms with Gasteiger partial charge in [-0.15, -0.1) is 0 Å². The van der Waals surface area contributed by atoms with Gasteiger partial charge in [0.15, 0.2) is 11.5 Å². The maximum atomic E-state index is 7.45. The third-order valence-corrected chi connectivity index (χ3v) is 5.55. The minimum Gasteiger partial charge on any atom is -0.508 e. The van der Waals surface area contributed by atoms with E-state index in [0.717, 1.165) is 37.4 Å². The molecule has 5 heteroatoms. The molecule has 0 spiro atoms. The van der Waals surface area contributed by atoms with Crippen LogP contribution in [0.15, 0.2) is 24.3 Å². The van der Waals surface area contributed by atoms with E-state index in [1.807, 2.05) is 18.2 Å². The van der Waals surface area contributed by atoms with Crippen LogP contribution in [-0.2, 0) is 19.4 Å². The highest BCUT2D eigenvalue weighted by Crippen LogP contribution is 2.45. The molecule has 2 heterocycles. The van der Waals surface area contributed by atoms with Gasteiger partial charge in [-0.2, -0.15) is 0 Å². The van der Waals surface area contributed by atoms with Gasteiger partial charge in [-0.3, -0.25) is 4.90 Å². The molecular formula is C21H22N2O3. The molecule has 5 nitrogen and oxygen atoms in total. The van der Waals surface area contributed by atoms with Crippen molar-refractivity contribution in [1.82, 2.24) is 4.90 Å². The summed E-state index contributed by atoms with van der Waals surface area (Å²) in [6.45, 7) is 9.27. The molecule has 1 atom stereocenters. The van der Waals surface area contributed by atoms with Crippen molar-refractivity contribution < 1.29 is 14.2 Å². The van der Waals surface area contributed by atoms with Gasteiger partial charge in [0.1, 0.15) is 5.75 Å². The lowest BCUT2D eigenvalue weighted by Gasteiger charge is -2.42. The second kappa shape index (κ2) is 6.54. The molecule has 26 heavy (non-hydrogen) atoms. The number of hydrogen-bond acceptors (Lipinski definition) is 4. The van der Waals surface area contributed by atoms with Gasteiger partial charge in [0, 0.05) is 24.7 Å². The molecule has 2 aromatic carbocycles. The number of rotatable bonds is 3. The van der Waals surface area contributed by atoms with E-state index < -0.39 is 0 Å². The Balaban J connectivity index is 1.78. The van der Waals surface area contributed by atoms with Gasteiger partial charge >= 0.3 is 0 Å². The first-order valence-corrected chi connectivity index (χ1v) is 8.75. The molecular weight excluding hydrogens is 328 g/mol. The van der Waals surface area contributed by atoms with Crippen LogP contribution in [-0.4, -0.2) is 32.8 Å². The molecule has 0 N–H and O–H groups in total. The molecule has 0 unspecified atom stereocenters. The molecule has 2 aliphatic rings. The quantitative estimate of drug-likeness (QED) is 0.786. The summed E-state index contributed by atoms with van der Waals surface area (Å²) in [4.78, 5) is 6.13. The summed E-state index contributed by atoms with van der Waals surface area (Å²) in [5, 5.41) is 0. The van der Waals surface area contributed by atoms with Crippen LogP contribution in [0.1, 0.15) is 28.3 Å². The monoisotopic (exact) mass is 350 g/mol. The van der Waals surface area contributed by atoms with Gasteiger partial charge in [0.25, 0.3) is 0 Å². The largest absolute Gasteiger partial charge is 0.508 e. The van der Waals surface area contributed by atoms with Crippen molar-refractivity contribution in [3.8, 4) is 17.2 Å². The van der Waals surface area contributed by atoms with E-state index in [9.17, 15) is 0 Å². The maximum Gasteiger partial charge on any atom is 0.228 e. The Hall–Kier alpha value is -2.71. The molecule has 134 valence electrons. The summed E-state index contributed by atoms with van der Waals surface area (Å²) >= 11 is 0.